The second kappa shape index (κ2) is 9.82. The molecule has 10 heteroatoms. The normalized spacial score (nSPS) is 17.5. The molecule has 1 radical (unpaired) electrons. The van der Waals surface area contributed by atoms with Crippen molar-refractivity contribution in [2.45, 2.75) is 30.6 Å². The number of rotatable bonds is 10. The first kappa shape index (κ1) is 21.7. The number of carbonyl (C=O) groups is 1. The van der Waals surface area contributed by atoms with Crippen LogP contribution in [0.4, 0.5) is 11.5 Å². The summed E-state index contributed by atoms with van der Waals surface area (Å²) in [6.45, 7) is 1.40. The van der Waals surface area contributed by atoms with E-state index in [1.54, 1.807) is 25.3 Å². The van der Waals surface area contributed by atoms with Crippen molar-refractivity contribution in [3.63, 3.8) is 0 Å². The number of nitrogens with one attached hydrogen (secondary N) is 3. The van der Waals surface area contributed by atoms with Gasteiger partial charge in [-0.15, -0.1) is 0 Å². The summed E-state index contributed by atoms with van der Waals surface area (Å²) in [6.07, 6.45) is 9.64. The molecule has 9 nitrogen and oxygen atoms in total. The highest BCUT2D eigenvalue weighted by atomic mass is 32.2. The topological polar surface area (TPSA) is 101 Å². The van der Waals surface area contributed by atoms with E-state index in [9.17, 15) is 4.79 Å². The van der Waals surface area contributed by atoms with Crippen molar-refractivity contribution in [1.29, 1.82) is 0 Å². The minimum absolute atomic E-state index is 0.122. The van der Waals surface area contributed by atoms with Gasteiger partial charge in [-0.05, 0) is 66.8 Å². The zero-order chi connectivity index (χ0) is 22.6. The van der Waals surface area contributed by atoms with Gasteiger partial charge in [-0.2, -0.15) is 10.1 Å². The van der Waals surface area contributed by atoms with Crippen molar-refractivity contribution < 1.29 is 9.53 Å². The smallest absolute Gasteiger partial charge is 0.285 e. The number of benzene rings is 1. The molecule has 0 bridgehead atoms. The van der Waals surface area contributed by atoms with E-state index >= 15 is 0 Å². The maximum absolute atomic E-state index is 12.0. The fourth-order valence-electron chi connectivity index (χ4n) is 3.62. The molecule has 3 N–H and O–H groups in total. The van der Waals surface area contributed by atoms with Crippen LogP contribution in [0, 0.1) is 5.92 Å². The van der Waals surface area contributed by atoms with Gasteiger partial charge in [-0.1, -0.05) is 0 Å². The van der Waals surface area contributed by atoms with Crippen LogP contribution in [0.5, 0.6) is 0 Å². The van der Waals surface area contributed by atoms with Gasteiger partial charge in [-0.25, -0.2) is 0 Å². The molecule has 1 aromatic heterocycles. The number of hydrogen-bond acceptors (Lipinski definition) is 8. The van der Waals surface area contributed by atoms with Crippen molar-refractivity contribution in [1.82, 2.24) is 19.4 Å². The Morgan fingerprint density at radius 1 is 1.33 bits per heavy atom. The Labute approximate surface area is 197 Å². The quantitative estimate of drug-likeness (QED) is 0.282. The third kappa shape index (κ3) is 5.47. The first-order valence-corrected chi connectivity index (χ1v) is 11.9. The van der Waals surface area contributed by atoms with Crippen LogP contribution in [0.1, 0.15) is 25.0 Å². The second-order valence-corrected chi connectivity index (χ2v) is 9.30. The van der Waals surface area contributed by atoms with Gasteiger partial charge in [0.25, 0.3) is 11.7 Å². The number of methoxy groups -OCH3 is 1. The van der Waals surface area contributed by atoms with Crippen LogP contribution in [-0.2, 0) is 16.0 Å². The molecule has 3 heterocycles. The lowest BCUT2D eigenvalue weighted by atomic mass is 10.2. The molecule has 3 aliphatic rings. The van der Waals surface area contributed by atoms with Gasteiger partial charge >= 0.3 is 0 Å². The summed E-state index contributed by atoms with van der Waals surface area (Å²) in [6, 6.07) is 9.97. The number of amidine groups is 1. The highest BCUT2D eigenvalue weighted by Gasteiger charge is 2.37. The summed E-state index contributed by atoms with van der Waals surface area (Å²) in [4.78, 5) is 19.6. The molecule has 1 aliphatic carbocycles. The zero-order valence-electron chi connectivity index (χ0n) is 18.5. The molecular formula is C23H27N7O2S+. The SMILES string of the molecule is COCCCc1cc(NC2=CN(Sc3ccc(NC(=O)C4CC4)cc3)CC3=NC=C[N+]23)n[nH]1. The summed E-state index contributed by atoms with van der Waals surface area (Å²) in [5.74, 6) is 2.90. The Morgan fingerprint density at radius 3 is 2.97 bits per heavy atom. The molecule has 1 saturated carbocycles. The van der Waals surface area contributed by atoms with E-state index in [1.807, 2.05) is 41.4 Å². The Morgan fingerprint density at radius 2 is 2.18 bits per heavy atom. The highest BCUT2D eigenvalue weighted by molar-refractivity contribution is 7.97. The van der Waals surface area contributed by atoms with E-state index in [1.165, 1.54) is 0 Å². The number of aliphatic imine (C=N–C) groups is 1. The Bertz CT molecular complexity index is 1090. The average molecular weight is 466 g/mol. The maximum atomic E-state index is 12.0. The van der Waals surface area contributed by atoms with Crippen LogP contribution in [0.2, 0.25) is 0 Å². The molecule has 2 aliphatic heterocycles. The molecule has 1 aromatic carbocycles. The summed E-state index contributed by atoms with van der Waals surface area (Å²) in [5.41, 5.74) is 1.90. The molecule has 0 unspecified atom stereocenters. The van der Waals surface area contributed by atoms with E-state index in [0.717, 1.165) is 66.0 Å². The molecule has 5 rings (SSSR count). The molecule has 0 atom stereocenters. The van der Waals surface area contributed by atoms with Gasteiger partial charge in [0.2, 0.25) is 5.91 Å². The van der Waals surface area contributed by atoms with Crippen molar-refractivity contribution >= 4 is 35.2 Å². The number of aromatic nitrogens is 2. The minimum atomic E-state index is 0.122. The predicted molar refractivity (Wildman–Crippen MR) is 130 cm³/mol. The Kier molecular flexibility index (Phi) is 6.47. The molecule has 171 valence electrons. The lowest BCUT2D eigenvalue weighted by Gasteiger charge is -2.24. The number of aryl methyl sites for hydroxylation is 1. The van der Waals surface area contributed by atoms with Crippen molar-refractivity contribution in [3.05, 3.63) is 60.4 Å². The lowest BCUT2D eigenvalue weighted by molar-refractivity contribution is -0.117. The number of nitrogens with zero attached hydrogens (tertiary/aromatic N) is 4. The van der Waals surface area contributed by atoms with Crippen molar-refractivity contribution in [2.75, 3.05) is 30.9 Å². The first-order chi connectivity index (χ1) is 16.2. The number of aromatic amines is 1. The summed E-state index contributed by atoms with van der Waals surface area (Å²) < 4.78 is 7.26. The van der Waals surface area contributed by atoms with Gasteiger partial charge in [0.1, 0.15) is 6.54 Å². The van der Waals surface area contributed by atoms with Crippen LogP contribution >= 0.6 is 11.9 Å². The van der Waals surface area contributed by atoms with Crippen LogP contribution in [0.15, 0.2) is 64.6 Å². The molecule has 1 amide bonds. The fourth-order valence-corrected chi connectivity index (χ4v) is 4.48. The third-order valence-electron chi connectivity index (χ3n) is 5.51. The van der Waals surface area contributed by atoms with Crippen LogP contribution in [0.3, 0.4) is 0 Å². The number of H-pyrrole nitrogens is 1. The monoisotopic (exact) mass is 465 g/mol. The summed E-state index contributed by atoms with van der Waals surface area (Å²) >= 11 is 1.62. The number of anilines is 2. The molecule has 2 aromatic rings. The molecule has 1 fully saturated rings. The van der Waals surface area contributed by atoms with E-state index in [2.05, 4.69) is 36.3 Å². The largest absolute Gasteiger partial charge is 0.385 e. The van der Waals surface area contributed by atoms with Crippen LogP contribution in [0.25, 0.3) is 0 Å². The van der Waals surface area contributed by atoms with Crippen molar-refractivity contribution in [2.24, 2.45) is 10.9 Å². The lowest BCUT2D eigenvalue weighted by Crippen LogP contribution is -2.42. The second-order valence-electron chi connectivity index (χ2n) is 8.18. The fraction of sp³-hybridized carbons (Fsp3) is 0.348. The summed E-state index contributed by atoms with van der Waals surface area (Å²) in [5, 5.41) is 13.9. The molecule has 0 spiro atoms. The van der Waals surface area contributed by atoms with Gasteiger partial charge in [-0.3, -0.25) is 19.5 Å². The first-order valence-electron chi connectivity index (χ1n) is 11.1. The number of ether oxygens (including phenoxy) is 1. The van der Waals surface area contributed by atoms with E-state index in [-0.39, 0.29) is 11.8 Å². The average Bonchev–Trinajstić information content (AvgIpc) is 3.40. The van der Waals surface area contributed by atoms with Gasteiger partial charge in [0.05, 0.1) is 12.4 Å². The zero-order valence-corrected chi connectivity index (χ0v) is 19.3. The van der Waals surface area contributed by atoms with Crippen molar-refractivity contribution in [3.8, 4) is 0 Å². The predicted octanol–water partition coefficient (Wildman–Crippen LogP) is 3.59. The van der Waals surface area contributed by atoms with E-state index in [4.69, 9.17) is 4.74 Å². The standard InChI is InChI=1S/C23H27N7O2S/c1-32-12-2-3-18-13-20(28-27-18)26-22-15-29(14-21-24-10-11-30(21)22)33-19-8-6-17(7-9-19)25-23(31)16-4-5-16/h6-11,13,15-16H,2-5,12,14H2,1H3,(H,25,31)(H2,26,27,28)/q+1. The number of fused-ring (bicyclic) bond motifs is 1. The van der Waals surface area contributed by atoms with Gasteiger partial charge in [0.15, 0.2) is 12.0 Å². The van der Waals surface area contributed by atoms with Crippen LogP contribution < -0.4 is 15.5 Å². The van der Waals surface area contributed by atoms with E-state index in [0.29, 0.717) is 6.54 Å². The number of carbonyl (C=O) groups excluding carboxylic acids is 1. The van der Waals surface area contributed by atoms with Crippen LogP contribution in [-0.4, -0.2) is 46.5 Å². The molecular weight excluding hydrogens is 438 g/mol. The maximum Gasteiger partial charge on any atom is 0.285 e. The van der Waals surface area contributed by atoms with Gasteiger partial charge in [0, 0.05) is 42.0 Å². The number of hydrogen-bond donors (Lipinski definition) is 3. The molecule has 0 saturated heterocycles. The number of amides is 1. The van der Waals surface area contributed by atoms with E-state index < -0.39 is 0 Å². The molecule has 33 heavy (non-hydrogen) atoms. The van der Waals surface area contributed by atoms with Gasteiger partial charge < -0.3 is 10.1 Å². The minimum Gasteiger partial charge on any atom is -0.385 e. The highest BCUT2D eigenvalue weighted by Crippen LogP contribution is 2.32. The summed E-state index contributed by atoms with van der Waals surface area (Å²) in [7, 11) is 1.71. The third-order valence-corrected chi connectivity index (χ3v) is 6.47. The Balaban J connectivity index is 1.24. The Hall–Kier alpha value is -3.08.